The van der Waals surface area contributed by atoms with Crippen LogP contribution in [0.4, 0.5) is 4.32 Å². The van der Waals surface area contributed by atoms with Crippen molar-refractivity contribution >= 4 is 27.6 Å². The van der Waals surface area contributed by atoms with Gasteiger partial charge in [-0.2, -0.15) is 0 Å². The van der Waals surface area contributed by atoms with Crippen molar-refractivity contribution in [2.45, 2.75) is 9.79 Å². The Labute approximate surface area is 170 Å². The van der Waals surface area contributed by atoms with Gasteiger partial charge in [0.05, 0.1) is 0 Å². The minimum absolute atomic E-state index is 0.884. The van der Waals surface area contributed by atoms with E-state index in [0.717, 1.165) is 9.79 Å². The molecular weight excluding hydrogens is 402 g/mol. The van der Waals surface area contributed by atoms with Crippen molar-refractivity contribution in [3.8, 4) is 0 Å². The number of rotatable bonds is 4. The third-order valence-corrected chi connectivity index (χ3v) is 8.84. The molecule has 0 saturated carbocycles. The second-order valence-corrected chi connectivity index (χ2v) is 11.7. The van der Waals surface area contributed by atoms with Crippen LogP contribution in [0.3, 0.4) is 0 Å². The van der Waals surface area contributed by atoms with Gasteiger partial charge >= 0.3 is 0 Å². The van der Waals surface area contributed by atoms with Crippen LogP contribution in [0, 0.1) is 0 Å². The average molecular weight is 430 g/mol. The van der Waals surface area contributed by atoms with E-state index in [-0.39, 0.29) is 0 Å². The van der Waals surface area contributed by atoms with E-state index in [9.17, 15) is 12.7 Å². The van der Waals surface area contributed by atoms with Gasteiger partial charge in [0, 0.05) is 28.2 Å². The predicted octanol–water partition coefficient (Wildman–Crippen LogP) is 0.964. The standard InChI is InChI=1S/2C9H14NOS.BFO2/c2*1-10(2)12(3,11)9-7-5-4-6-8-9;2-1(3)4/h2*4-8H,1-3H3;/q2*+1;-2. The molecule has 0 spiro atoms. The molecule has 0 aliphatic rings. The maximum Gasteiger partial charge on any atom is 0.187 e. The summed E-state index contributed by atoms with van der Waals surface area (Å²) in [5, 5.41) is 16.6. The van der Waals surface area contributed by atoms with Gasteiger partial charge < -0.3 is 14.4 Å². The lowest BCUT2D eigenvalue weighted by atomic mass is 10.3. The van der Waals surface area contributed by atoms with Gasteiger partial charge in [0.15, 0.2) is 30.0 Å². The van der Waals surface area contributed by atoms with Gasteiger partial charge in [-0.3, -0.25) is 0 Å². The molecule has 0 bridgehead atoms. The fourth-order valence-corrected chi connectivity index (χ4v) is 3.94. The summed E-state index contributed by atoms with van der Waals surface area (Å²) in [6, 6.07) is 19.0. The monoisotopic (exact) mass is 430 g/mol. The van der Waals surface area contributed by atoms with E-state index in [1.807, 2.05) is 88.9 Å². The molecule has 2 atom stereocenters. The number of benzene rings is 2. The molecule has 0 aliphatic carbocycles. The predicted molar refractivity (Wildman–Crippen MR) is 112 cm³/mol. The van der Waals surface area contributed by atoms with Crippen molar-refractivity contribution in [2.24, 2.45) is 0 Å². The molecule has 28 heavy (non-hydrogen) atoms. The molecule has 0 N–H and O–H groups in total. The van der Waals surface area contributed by atoms with Crippen molar-refractivity contribution in [2.75, 3.05) is 40.7 Å². The largest absolute Gasteiger partial charge is 0.867 e. The van der Waals surface area contributed by atoms with Gasteiger partial charge in [-0.25, -0.2) is 0 Å². The molecule has 0 aromatic heterocycles. The van der Waals surface area contributed by atoms with Crippen LogP contribution in [0.15, 0.2) is 70.5 Å². The zero-order valence-electron chi connectivity index (χ0n) is 17.1. The van der Waals surface area contributed by atoms with Gasteiger partial charge in [-0.05, 0) is 24.3 Å². The van der Waals surface area contributed by atoms with Gasteiger partial charge in [-0.15, -0.1) is 8.61 Å². The van der Waals surface area contributed by atoms with Crippen LogP contribution >= 0.6 is 0 Å². The Balaban J connectivity index is 0.000000439. The zero-order valence-corrected chi connectivity index (χ0v) is 18.7. The van der Waals surface area contributed by atoms with Crippen molar-refractivity contribution in [3.05, 3.63) is 60.7 Å². The molecule has 0 fully saturated rings. The first-order valence-electron chi connectivity index (χ1n) is 8.22. The van der Waals surface area contributed by atoms with Gasteiger partial charge in [0.25, 0.3) is 0 Å². The van der Waals surface area contributed by atoms with Crippen LogP contribution in [0.25, 0.3) is 0 Å². The summed E-state index contributed by atoms with van der Waals surface area (Å²) in [6.07, 6.45) is 3.50. The minimum atomic E-state index is -3.17. The first kappa shape index (κ1) is 26.6. The Morgan fingerprint density at radius 2 is 0.929 bits per heavy atom. The maximum absolute atomic E-state index is 12.0. The van der Waals surface area contributed by atoms with E-state index in [1.54, 1.807) is 21.1 Å². The van der Waals surface area contributed by atoms with Crippen molar-refractivity contribution < 1.29 is 22.8 Å². The molecule has 2 aromatic carbocycles. The Kier molecular flexibility index (Phi) is 11.6. The highest BCUT2D eigenvalue weighted by Gasteiger charge is 2.28. The highest BCUT2D eigenvalue weighted by molar-refractivity contribution is 8.00. The van der Waals surface area contributed by atoms with E-state index in [4.69, 9.17) is 10.0 Å². The molecule has 0 amide bonds. The van der Waals surface area contributed by atoms with E-state index in [2.05, 4.69) is 0 Å². The number of hydrogen-bond donors (Lipinski definition) is 0. The summed E-state index contributed by atoms with van der Waals surface area (Å²) in [5.41, 5.74) is 0. The van der Waals surface area contributed by atoms with Crippen LogP contribution in [-0.2, 0) is 28.7 Å². The summed E-state index contributed by atoms with van der Waals surface area (Å²) in [7, 11) is 0.161. The maximum atomic E-state index is 12.0. The Bertz CT molecular complexity index is 711. The molecule has 0 heterocycles. The van der Waals surface area contributed by atoms with Gasteiger partial charge in [0.2, 0.25) is 0 Å². The fourth-order valence-electron chi connectivity index (χ4n) is 1.77. The molecule has 0 radical (unpaired) electrons. The summed E-state index contributed by atoms with van der Waals surface area (Å²) in [6.45, 7) is 0. The number of halogens is 1. The molecule has 0 saturated heterocycles. The lowest BCUT2D eigenvalue weighted by Gasteiger charge is -2.12. The Hall–Kier alpha value is -1.43. The van der Waals surface area contributed by atoms with Crippen LogP contribution < -0.4 is 10.0 Å². The van der Waals surface area contributed by atoms with E-state index in [0.29, 0.717) is 0 Å². The Morgan fingerprint density at radius 3 is 1.11 bits per heavy atom. The third kappa shape index (κ3) is 9.18. The normalized spacial score (nSPS) is 14.7. The molecule has 0 aliphatic heterocycles. The van der Waals surface area contributed by atoms with Crippen LogP contribution in [0.1, 0.15) is 0 Å². The molecule has 6 nitrogen and oxygen atoms in total. The fraction of sp³-hybridized carbons (Fsp3) is 0.333. The van der Waals surface area contributed by atoms with Gasteiger partial charge in [-0.1, -0.05) is 44.8 Å². The van der Waals surface area contributed by atoms with E-state index in [1.165, 1.54) is 0 Å². The average Bonchev–Trinajstić information content (AvgIpc) is 2.63. The summed E-state index contributed by atoms with van der Waals surface area (Å²) >= 11 is 0. The molecule has 2 rings (SSSR count). The SMILES string of the molecule is CN(C)[S+](C)(=O)c1ccccc1.CN(C)[S+](C)(=O)c1ccccc1.[O-]B([O-])F. The first-order valence-corrected chi connectivity index (χ1v) is 12.1. The smallest absolute Gasteiger partial charge is 0.187 e. The highest BCUT2D eigenvalue weighted by Crippen LogP contribution is 2.18. The number of nitrogens with zero attached hydrogens (tertiary/aromatic N) is 2. The Morgan fingerprint density at radius 1 is 0.714 bits per heavy atom. The highest BCUT2D eigenvalue weighted by atomic mass is 32.3. The summed E-state index contributed by atoms with van der Waals surface area (Å²) in [4.78, 5) is 1.77. The lowest BCUT2D eigenvalue weighted by molar-refractivity contribution is -0.366. The van der Waals surface area contributed by atoms with Crippen molar-refractivity contribution in [3.63, 3.8) is 0 Å². The van der Waals surface area contributed by atoms with Crippen molar-refractivity contribution in [1.29, 1.82) is 0 Å². The quantitative estimate of drug-likeness (QED) is 0.534. The number of hydrogen-bond acceptors (Lipinski definition) is 4. The molecule has 2 aromatic rings. The second-order valence-electron chi connectivity index (χ2n) is 6.13. The zero-order chi connectivity index (χ0) is 22.0. The molecule has 10 heteroatoms. The summed E-state index contributed by atoms with van der Waals surface area (Å²) in [5.74, 6) is 0. The molecule has 156 valence electrons. The molecular formula is C18H28BFN2O4S2. The first-order chi connectivity index (χ1) is 12.8. The lowest BCUT2D eigenvalue weighted by Crippen LogP contribution is -2.39. The summed E-state index contributed by atoms with van der Waals surface area (Å²) < 4.78 is 37.4. The second kappa shape index (κ2) is 12.2. The van der Waals surface area contributed by atoms with E-state index < -0.39 is 27.6 Å². The minimum Gasteiger partial charge on any atom is -0.867 e. The van der Waals surface area contributed by atoms with E-state index >= 15 is 0 Å². The van der Waals surface area contributed by atoms with Crippen LogP contribution in [0.5, 0.6) is 0 Å². The van der Waals surface area contributed by atoms with Crippen molar-refractivity contribution in [1.82, 2.24) is 8.61 Å². The third-order valence-electron chi connectivity index (χ3n) is 3.75. The molecule has 2 unspecified atom stereocenters. The van der Waals surface area contributed by atoms with Gasteiger partial charge in [0.1, 0.15) is 19.9 Å². The topological polar surface area (TPSA) is 86.7 Å². The van der Waals surface area contributed by atoms with Crippen LogP contribution in [-0.4, -0.2) is 56.7 Å². The van der Waals surface area contributed by atoms with Crippen LogP contribution in [0.2, 0.25) is 0 Å².